The number of halogens is 1. The van der Waals surface area contributed by atoms with Crippen molar-refractivity contribution in [2.75, 3.05) is 40.1 Å². The lowest BCUT2D eigenvalue weighted by Gasteiger charge is -2.15. The Bertz CT molecular complexity index is 863. The third kappa shape index (κ3) is 4.32. The van der Waals surface area contributed by atoms with Crippen molar-refractivity contribution < 1.29 is 18.6 Å². The second-order valence-electron chi connectivity index (χ2n) is 5.72. The molecule has 0 saturated carbocycles. The summed E-state index contributed by atoms with van der Waals surface area (Å²) < 4.78 is 22.3. The molecular weight excluding hydrogens is 404 g/mol. The summed E-state index contributed by atoms with van der Waals surface area (Å²) in [5.74, 6) is 0.593. The minimum Gasteiger partial charge on any atom is -0.495 e. The molecule has 26 heavy (non-hydrogen) atoms. The van der Waals surface area contributed by atoms with Crippen LogP contribution in [0, 0.1) is 19.3 Å². The standard InChI is InChI=1S/C18H23BrN2O5/c1-10-15(14(21)9-25-7-6-24-5-4-20)12-8-13(19)17(23-3)11(2)16(12)26-18(10)22/h8,21H,4-7,9,20H2,1-3H3. The van der Waals surface area contributed by atoms with Gasteiger partial charge in [0.25, 0.3) is 0 Å². The molecule has 1 aromatic carbocycles. The first-order chi connectivity index (χ1) is 12.4. The van der Waals surface area contributed by atoms with Crippen LogP contribution < -0.4 is 16.1 Å². The Morgan fingerprint density at radius 2 is 1.92 bits per heavy atom. The minimum atomic E-state index is -0.476. The number of benzene rings is 1. The number of nitrogens with two attached hydrogens (primary N) is 1. The molecule has 7 nitrogen and oxygen atoms in total. The Hall–Kier alpha value is -1.74. The van der Waals surface area contributed by atoms with Gasteiger partial charge in [-0.1, -0.05) is 0 Å². The zero-order valence-corrected chi connectivity index (χ0v) is 16.7. The molecule has 0 unspecified atom stereocenters. The SMILES string of the molecule is COc1c(Br)cc2c(C(=N)COCCOCCN)c(C)c(=O)oc2c1C. The highest BCUT2D eigenvalue weighted by Gasteiger charge is 2.20. The topological polar surface area (TPSA) is 108 Å². The van der Waals surface area contributed by atoms with E-state index >= 15 is 0 Å². The van der Waals surface area contributed by atoms with Crippen molar-refractivity contribution in [3.05, 3.63) is 37.6 Å². The van der Waals surface area contributed by atoms with Gasteiger partial charge >= 0.3 is 5.63 Å². The zero-order chi connectivity index (χ0) is 19.3. The molecule has 0 radical (unpaired) electrons. The maximum Gasteiger partial charge on any atom is 0.339 e. The molecule has 0 aliphatic rings. The number of hydrogen-bond acceptors (Lipinski definition) is 7. The van der Waals surface area contributed by atoms with Crippen molar-refractivity contribution in [1.29, 1.82) is 5.41 Å². The van der Waals surface area contributed by atoms with E-state index in [1.54, 1.807) is 20.1 Å². The highest BCUT2D eigenvalue weighted by atomic mass is 79.9. The second-order valence-corrected chi connectivity index (χ2v) is 6.57. The van der Waals surface area contributed by atoms with Gasteiger partial charge in [-0.3, -0.25) is 0 Å². The average Bonchev–Trinajstić information content (AvgIpc) is 2.60. The van der Waals surface area contributed by atoms with Crippen molar-refractivity contribution >= 4 is 32.6 Å². The maximum atomic E-state index is 12.3. The summed E-state index contributed by atoms with van der Waals surface area (Å²) in [7, 11) is 1.55. The van der Waals surface area contributed by atoms with Gasteiger partial charge < -0.3 is 29.8 Å². The van der Waals surface area contributed by atoms with E-state index in [0.717, 1.165) is 4.47 Å². The zero-order valence-electron chi connectivity index (χ0n) is 15.1. The Kier molecular flexibility index (Phi) is 7.33. The first-order valence-electron chi connectivity index (χ1n) is 8.16. The van der Waals surface area contributed by atoms with Crippen LogP contribution in [0.25, 0.3) is 11.0 Å². The molecule has 0 bridgehead atoms. The lowest BCUT2D eigenvalue weighted by Crippen LogP contribution is -2.19. The van der Waals surface area contributed by atoms with E-state index in [0.29, 0.717) is 59.8 Å². The fraction of sp³-hybridized carbons (Fsp3) is 0.444. The van der Waals surface area contributed by atoms with Gasteiger partial charge in [0, 0.05) is 28.6 Å². The van der Waals surface area contributed by atoms with Gasteiger partial charge in [-0.2, -0.15) is 0 Å². The van der Waals surface area contributed by atoms with Gasteiger partial charge in [0.1, 0.15) is 11.3 Å². The van der Waals surface area contributed by atoms with Gasteiger partial charge in [0.2, 0.25) is 0 Å². The van der Waals surface area contributed by atoms with Crippen LogP contribution in [0.5, 0.6) is 5.75 Å². The molecule has 0 aliphatic carbocycles. The molecule has 0 saturated heterocycles. The Labute approximate surface area is 160 Å². The molecule has 0 fully saturated rings. The van der Waals surface area contributed by atoms with Crippen LogP contribution in [0.15, 0.2) is 19.8 Å². The summed E-state index contributed by atoms with van der Waals surface area (Å²) in [5.41, 5.74) is 7.07. The highest BCUT2D eigenvalue weighted by molar-refractivity contribution is 9.10. The van der Waals surface area contributed by atoms with Crippen molar-refractivity contribution in [3.8, 4) is 5.75 Å². The highest BCUT2D eigenvalue weighted by Crippen LogP contribution is 2.36. The quantitative estimate of drug-likeness (QED) is 0.362. The van der Waals surface area contributed by atoms with Crippen molar-refractivity contribution in [1.82, 2.24) is 0 Å². The molecule has 0 spiro atoms. The molecule has 2 aromatic rings. The second kappa shape index (κ2) is 9.27. The Balaban J connectivity index is 2.35. The summed E-state index contributed by atoms with van der Waals surface area (Å²) in [6.45, 7) is 5.20. The van der Waals surface area contributed by atoms with Gasteiger partial charge in [-0.25, -0.2) is 4.79 Å². The lowest BCUT2D eigenvalue weighted by molar-refractivity contribution is 0.0654. The van der Waals surface area contributed by atoms with E-state index in [4.69, 9.17) is 29.8 Å². The van der Waals surface area contributed by atoms with Crippen LogP contribution in [0.3, 0.4) is 0 Å². The van der Waals surface area contributed by atoms with E-state index in [1.165, 1.54) is 0 Å². The number of nitrogens with one attached hydrogen (secondary N) is 1. The molecule has 3 N–H and O–H groups in total. The summed E-state index contributed by atoms with van der Waals surface area (Å²) in [4.78, 5) is 12.3. The first-order valence-corrected chi connectivity index (χ1v) is 8.95. The Morgan fingerprint density at radius 1 is 1.23 bits per heavy atom. The molecule has 2 rings (SSSR count). The van der Waals surface area contributed by atoms with Gasteiger partial charge in [-0.05, 0) is 35.8 Å². The summed E-state index contributed by atoms with van der Waals surface area (Å²) in [5, 5.41) is 9.06. The van der Waals surface area contributed by atoms with Crippen LogP contribution in [0.1, 0.15) is 16.7 Å². The predicted octanol–water partition coefficient (Wildman–Crippen LogP) is 2.54. The number of methoxy groups -OCH3 is 1. The number of fused-ring (bicyclic) bond motifs is 1. The predicted molar refractivity (Wildman–Crippen MR) is 104 cm³/mol. The lowest BCUT2D eigenvalue weighted by atomic mass is 9.99. The number of rotatable bonds is 9. The molecule has 1 heterocycles. The molecule has 0 atom stereocenters. The smallest absolute Gasteiger partial charge is 0.339 e. The van der Waals surface area contributed by atoms with Crippen LogP contribution in [0.2, 0.25) is 0 Å². The average molecular weight is 427 g/mol. The molecule has 142 valence electrons. The van der Waals surface area contributed by atoms with Gasteiger partial charge in [0.15, 0.2) is 0 Å². The summed E-state index contributed by atoms with van der Waals surface area (Å²) in [6.07, 6.45) is 0. The molecule has 1 aromatic heterocycles. The largest absolute Gasteiger partial charge is 0.495 e. The normalized spacial score (nSPS) is 11.1. The monoisotopic (exact) mass is 426 g/mol. The third-order valence-electron chi connectivity index (χ3n) is 3.95. The van der Waals surface area contributed by atoms with Crippen molar-refractivity contribution in [3.63, 3.8) is 0 Å². The summed E-state index contributed by atoms with van der Waals surface area (Å²) >= 11 is 3.47. The first kappa shape index (κ1) is 20.6. The van der Waals surface area contributed by atoms with Crippen LogP contribution in [0.4, 0.5) is 0 Å². The van der Waals surface area contributed by atoms with E-state index < -0.39 is 5.63 Å². The van der Waals surface area contributed by atoms with Crippen LogP contribution in [-0.4, -0.2) is 45.8 Å². The van der Waals surface area contributed by atoms with E-state index in [1.807, 2.05) is 6.92 Å². The maximum absolute atomic E-state index is 12.3. The van der Waals surface area contributed by atoms with Crippen LogP contribution in [-0.2, 0) is 9.47 Å². The number of aryl methyl sites for hydroxylation is 1. The van der Waals surface area contributed by atoms with E-state index in [2.05, 4.69) is 15.9 Å². The number of hydrogen-bond donors (Lipinski definition) is 2. The van der Waals surface area contributed by atoms with Crippen molar-refractivity contribution in [2.45, 2.75) is 13.8 Å². The number of ether oxygens (including phenoxy) is 3. The Morgan fingerprint density at radius 3 is 2.58 bits per heavy atom. The fourth-order valence-electron chi connectivity index (χ4n) is 2.72. The molecular formula is C18H23BrN2O5. The third-order valence-corrected chi connectivity index (χ3v) is 4.53. The van der Waals surface area contributed by atoms with E-state index in [-0.39, 0.29) is 12.3 Å². The molecule has 8 heteroatoms. The minimum absolute atomic E-state index is 0.0636. The van der Waals surface area contributed by atoms with E-state index in [9.17, 15) is 4.79 Å². The van der Waals surface area contributed by atoms with Crippen molar-refractivity contribution in [2.24, 2.45) is 5.73 Å². The molecule has 0 amide bonds. The summed E-state index contributed by atoms with van der Waals surface area (Å²) in [6, 6.07) is 1.80. The van der Waals surface area contributed by atoms with Gasteiger partial charge in [0.05, 0.1) is 43.7 Å². The van der Waals surface area contributed by atoms with Gasteiger partial charge in [-0.15, -0.1) is 0 Å². The van der Waals surface area contributed by atoms with Crippen LogP contribution >= 0.6 is 15.9 Å². The fourth-order valence-corrected chi connectivity index (χ4v) is 3.41. The molecule has 0 aliphatic heterocycles.